The molecular weight excluding hydrogens is 348 g/mol. The summed E-state index contributed by atoms with van der Waals surface area (Å²) in [4.78, 5) is 14.6. The molecule has 1 heterocycles. The maximum atomic E-state index is 12.2. The molecule has 0 unspecified atom stereocenters. The lowest BCUT2D eigenvalue weighted by Crippen LogP contribution is -2.38. The molecule has 0 bridgehead atoms. The van der Waals surface area contributed by atoms with E-state index >= 15 is 0 Å². The summed E-state index contributed by atoms with van der Waals surface area (Å²) in [6, 6.07) is 15.6. The Hall–Kier alpha value is -2.04. The summed E-state index contributed by atoms with van der Waals surface area (Å²) in [7, 11) is 0. The van der Waals surface area contributed by atoms with E-state index in [4.69, 9.17) is 16.3 Å². The average molecular weight is 373 g/mol. The van der Waals surface area contributed by atoms with E-state index in [1.807, 2.05) is 55.5 Å². The van der Waals surface area contributed by atoms with Gasteiger partial charge in [-0.2, -0.15) is 0 Å². The Bertz CT molecular complexity index is 727. The minimum atomic E-state index is -0.123. The number of nitrogens with one attached hydrogen (secondary N) is 1. The van der Waals surface area contributed by atoms with Gasteiger partial charge in [-0.15, -0.1) is 0 Å². The SMILES string of the molecule is Cc1ccc(OCC(=O)NC[C@@H](c2ccccc2Cl)N2CCCC2)cc1. The van der Waals surface area contributed by atoms with Crippen LogP contribution in [0.25, 0.3) is 0 Å². The van der Waals surface area contributed by atoms with Crippen LogP contribution in [0.4, 0.5) is 0 Å². The van der Waals surface area contributed by atoms with Crippen molar-refractivity contribution in [2.45, 2.75) is 25.8 Å². The monoisotopic (exact) mass is 372 g/mol. The molecule has 4 nitrogen and oxygen atoms in total. The van der Waals surface area contributed by atoms with E-state index in [9.17, 15) is 4.79 Å². The fourth-order valence-corrected chi connectivity index (χ4v) is 3.54. The molecule has 1 aliphatic heterocycles. The van der Waals surface area contributed by atoms with E-state index < -0.39 is 0 Å². The van der Waals surface area contributed by atoms with Gasteiger partial charge in [0.2, 0.25) is 0 Å². The standard InChI is InChI=1S/C21H25ClN2O2/c1-16-8-10-17(11-9-16)26-15-21(25)23-14-20(24-12-4-5-13-24)18-6-2-3-7-19(18)22/h2-3,6-11,20H,4-5,12-15H2,1H3,(H,23,25)/t20-/m0/s1. The number of amides is 1. The number of carbonyl (C=O) groups is 1. The summed E-state index contributed by atoms with van der Waals surface area (Å²) in [5.74, 6) is 0.578. The van der Waals surface area contributed by atoms with Crippen LogP contribution >= 0.6 is 11.6 Å². The third-order valence-corrected chi connectivity index (χ3v) is 5.07. The minimum absolute atomic E-state index is 0.0122. The third kappa shape index (κ3) is 4.99. The Balaban J connectivity index is 1.57. The number of hydrogen-bond acceptors (Lipinski definition) is 3. The van der Waals surface area contributed by atoms with Crippen molar-refractivity contribution >= 4 is 17.5 Å². The summed E-state index contributed by atoms with van der Waals surface area (Å²) < 4.78 is 5.56. The van der Waals surface area contributed by atoms with Crippen LogP contribution in [0.15, 0.2) is 48.5 Å². The van der Waals surface area contributed by atoms with Gasteiger partial charge < -0.3 is 10.1 Å². The zero-order valence-electron chi connectivity index (χ0n) is 15.1. The lowest BCUT2D eigenvalue weighted by Gasteiger charge is -2.29. The lowest BCUT2D eigenvalue weighted by atomic mass is 10.1. The quantitative estimate of drug-likeness (QED) is 0.799. The summed E-state index contributed by atoms with van der Waals surface area (Å²) in [5, 5.41) is 3.75. The van der Waals surface area contributed by atoms with Gasteiger partial charge in [0.25, 0.3) is 5.91 Å². The van der Waals surface area contributed by atoms with Crippen molar-refractivity contribution in [1.82, 2.24) is 10.2 Å². The molecule has 0 saturated carbocycles. The first kappa shape index (κ1) is 18.7. The Morgan fingerprint density at radius 2 is 1.85 bits per heavy atom. The number of nitrogens with zero attached hydrogens (tertiary/aromatic N) is 1. The van der Waals surface area contributed by atoms with Crippen LogP contribution in [-0.2, 0) is 4.79 Å². The molecule has 2 aromatic carbocycles. The van der Waals surface area contributed by atoms with Crippen molar-refractivity contribution in [3.63, 3.8) is 0 Å². The highest BCUT2D eigenvalue weighted by molar-refractivity contribution is 6.31. The van der Waals surface area contributed by atoms with Gasteiger partial charge in [0.15, 0.2) is 6.61 Å². The number of hydrogen-bond donors (Lipinski definition) is 1. The van der Waals surface area contributed by atoms with Gasteiger partial charge >= 0.3 is 0 Å². The molecule has 138 valence electrons. The molecule has 1 fully saturated rings. The molecule has 0 aliphatic carbocycles. The van der Waals surface area contributed by atoms with Crippen LogP contribution in [0.2, 0.25) is 5.02 Å². The second-order valence-electron chi connectivity index (χ2n) is 6.69. The van der Waals surface area contributed by atoms with Crippen LogP contribution in [0.5, 0.6) is 5.75 Å². The number of halogens is 1. The van der Waals surface area contributed by atoms with E-state index in [-0.39, 0.29) is 18.6 Å². The second-order valence-corrected chi connectivity index (χ2v) is 7.09. The molecule has 1 atom stereocenters. The molecule has 1 amide bonds. The molecule has 0 radical (unpaired) electrons. The predicted octanol–water partition coefficient (Wildman–Crippen LogP) is 3.98. The zero-order chi connectivity index (χ0) is 18.4. The topological polar surface area (TPSA) is 41.6 Å². The summed E-state index contributed by atoms with van der Waals surface area (Å²) in [6.45, 7) is 4.62. The largest absolute Gasteiger partial charge is 0.484 e. The van der Waals surface area contributed by atoms with Gasteiger partial charge in [-0.25, -0.2) is 0 Å². The summed E-state index contributed by atoms with van der Waals surface area (Å²) >= 11 is 6.40. The number of rotatable bonds is 7. The van der Waals surface area contributed by atoms with Gasteiger partial charge in [-0.05, 0) is 56.6 Å². The van der Waals surface area contributed by atoms with Crippen LogP contribution in [0, 0.1) is 6.92 Å². The normalized spacial score (nSPS) is 15.6. The number of carbonyl (C=O) groups excluding carboxylic acids is 1. The van der Waals surface area contributed by atoms with Crippen LogP contribution in [0.1, 0.15) is 30.0 Å². The molecule has 1 aliphatic rings. The van der Waals surface area contributed by atoms with E-state index in [0.29, 0.717) is 12.3 Å². The Morgan fingerprint density at radius 3 is 2.54 bits per heavy atom. The number of benzene rings is 2. The van der Waals surface area contributed by atoms with Crippen LogP contribution in [-0.4, -0.2) is 37.0 Å². The van der Waals surface area contributed by atoms with E-state index in [1.54, 1.807) is 0 Å². The molecule has 2 aromatic rings. The van der Waals surface area contributed by atoms with Gasteiger partial charge in [0.1, 0.15) is 5.75 Å². The molecule has 5 heteroatoms. The maximum Gasteiger partial charge on any atom is 0.258 e. The summed E-state index contributed by atoms with van der Waals surface area (Å²) in [6.07, 6.45) is 2.37. The van der Waals surface area contributed by atoms with Crippen molar-refractivity contribution < 1.29 is 9.53 Å². The molecule has 0 spiro atoms. The van der Waals surface area contributed by atoms with Gasteiger partial charge in [0.05, 0.1) is 6.04 Å². The van der Waals surface area contributed by atoms with Gasteiger partial charge in [0, 0.05) is 11.6 Å². The number of likely N-dealkylation sites (tertiary alicyclic amines) is 1. The van der Waals surface area contributed by atoms with Gasteiger partial charge in [-0.3, -0.25) is 9.69 Å². The van der Waals surface area contributed by atoms with Crippen LogP contribution < -0.4 is 10.1 Å². The fourth-order valence-electron chi connectivity index (χ4n) is 3.28. The second kappa shape index (κ2) is 9.06. The van der Waals surface area contributed by atoms with Gasteiger partial charge in [-0.1, -0.05) is 47.5 Å². The van der Waals surface area contributed by atoms with E-state index in [1.165, 1.54) is 12.8 Å². The maximum absolute atomic E-state index is 12.2. The van der Waals surface area contributed by atoms with Crippen LogP contribution in [0.3, 0.4) is 0 Å². The molecular formula is C21H25ClN2O2. The first-order valence-corrected chi connectivity index (χ1v) is 9.46. The first-order chi connectivity index (χ1) is 12.6. The highest BCUT2D eigenvalue weighted by atomic mass is 35.5. The fraction of sp³-hybridized carbons (Fsp3) is 0.381. The summed E-state index contributed by atoms with van der Waals surface area (Å²) in [5.41, 5.74) is 2.23. The predicted molar refractivity (Wildman–Crippen MR) is 105 cm³/mol. The smallest absolute Gasteiger partial charge is 0.258 e. The number of ether oxygens (including phenoxy) is 1. The lowest BCUT2D eigenvalue weighted by molar-refractivity contribution is -0.123. The van der Waals surface area contributed by atoms with Crippen molar-refractivity contribution in [2.75, 3.05) is 26.2 Å². The molecule has 26 heavy (non-hydrogen) atoms. The van der Waals surface area contributed by atoms with Crippen molar-refractivity contribution in [1.29, 1.82) is 0 Å². The first-order valence-electron chi connectivity index (χ1n) is 9.08. The molecule has 3 rings (SSSR count). The van der Waals surface area contributed by atoms with E-state index in [0.717, 1.165) is 29.2 Å². The number of aryl methyl sites for hydroxylation is 1. The molecule has 1 saturated heterocycles. The highest BCUT2D eigenvalue weighted by Gasteiger charge is 2.25. The minimum Gasteiger partial charge on any atom is -0.484 e. The third-order valence-electron chi connectivity index (χ3n) is 4.73. The average Bonchev–Trinajstić information content (AvgIpc) is 3.17. The Kier molecular flexibility index (Phi) is 6.53. The van der Waals surface area contributed by atoms with E-state index in [2.05, 4.69) is 10.2 Å². The molecule has 0 aromatic heterocycles. The van der Waals surface area contributed by atoms with Crippen molar-refractivity contribution in [3.05, 3.63) is 64.7 Å². The van der Waals surface area contributed by atoms with Crippen molar-refractivity contribution in [3.8, 4) is 5.75 Å². The zero-order valence-corrected chi connectivity index (χ0v) is 15.8. The Morgan fingerprint density at radius 1 is 1.15 bits per heavy atom. The molecule has 1 N–H and O–H groups in total. The van der Waals surface area contributed by atoms with Crippen molar-refractivity contribution in [2.24, 2.45) is 0 Å². The Labute approximate surface area is 160 Å². The highest BCUT2D eigenvalue weighted by Crippen LogP contribution is 2.29.